The number of likely N-dealkylation sites (tertiary alicyclic amines) is 1. The topological polar surface area (TPSA) is 83.7 Å². The minimum absolute atomic E-state index is 0.0101. The van der Waals surface area contributed by atoms with Crippen molar-refractivity contribution in [3.63, 3.8) is 0 Å². The summed E-state index contributed by atoms with van der Waals surface area (Å²) in [6, 6.07) is 0. The van der Waals surface area contributed by atoms with Crippen LogP contribution >= 0.6 is 0 Å². The lowest BCUT2D eigenvalue weighted by molar-refractivity contribution is -0.129. The lowest BCUT2D eigenvalue weighted by Gasteiger charge is -2.41. The largest absolute Gasteiger partial charge is 0.361 e. The van der Waals surface area contributed by atoms with Crippen LogP contribution < -0.4 is 0 Å². The molecule has 0 aromatic carbocycles. The summed E-state index contributed by atoms with van der Waals surface area (Å²) in [5.74, 6) is 0.512. The van der Waals surface area contributed by atoms with Crippen LogP contribution in [-0.4, -0.2) is 67.8 Å². The second-order valence-corrected chi connectivity index (χ2v) is 9.31. The van der Waals surface area contributed by atoms with Gasteiger partial charge >= 0.3 is 0 Å². The molecule has 0 N–H and O–H groups in total. The van der Waals surface area contributed by atoms with Crippen molar-refractivity contribution in [2.45, 2.75) is 26.7 Å². The Labute approximate surface area is 147 Å². The number of amides is 1. The monoisotopic (exact) mass is 373 g/mol. The average Bonchev–Trinajstić information content (AvgIpc) is 3.09. The van der Waals surface area contributed by atoms with E-state index in [1.807, 2.05) is 0 Å². The third kappa shape index (κ3) is 3.31. The predicted octanol–water partition coefficient (Wildman–Crippen LogP) is 0.914. The van der Waals surface area contributed by atoms with Crippen molar-refractivity contribution in [2.24, 2.45) is 11.3 Å². The fraction of sp³-hybridized carbons (Fsp3) is 0.750. The molecule has 1 aromatic rings. The Balaban J connectivity index is 1.76. The van der Waals surface area contributed by atoms with Gasteiger partial charge in [0, 0.05) is 37.2 Å². The molecule has 3 rings (SSSR count). The van der Waals surface area contributed by atoms with Crippen molar-refractivity contribution in [3.8, 4) is 0 Å². The predicted molar refractivity (Wildman–Crippen MR) is 89.2 cm³/mol. The molecular formula is C16H24FN3O4S. The number of piperidine rings is 1. The number of fused-ring (bicyclic) bond motifs is 1. The Morgan fingerprint density at radius 1 is 1.40 bits per heavy atom. The van der Waals surface area contributed by atoms with Gasteiger partial charge in [0.05, 0.1) is 25.0 Å². The number of aromatic nitrogens is 1. The maximum atomic E-state index is 13.9. The molecule has 1 aromatic heterocycles. The molecule has 25 heavy (non-hydrogen) atoms. The quantitative estimate of drug-likeness (QED) is 0.783. The first kappa shape index (κ1) is 18.3. The standard InChI is InChI=1S/C16H24FN3O4S/c1-11-14(12(2)24-18-11)6-15(21)19-7-13-4-5-20(25(3,22)23)10-16(13,8-17)9-19/h13H,4-10H2,1-3H3/t13-,16-/m0/s1. The molecule has 2 atom stereocenters. The number of aryl methyl sites for hydroxylation is 2. The molecule has 3 heterocycles. The molecule has 0 aliphatic carbocycles. The first-order valence-corrected chi connectivity index (χ1v) is 10.2. The van der Waals surface area contributed by atoms with Crippen LogP contribution in [-0.2, 0) is 21.2 Å². The summed E-state index contributed by atoms with van der Waals surface area (Å²) in [4.78, 5) is 14.4. The molecular weight excluding hydrogens is 349 g/mol. The summed E-state index contributed by atoms with van der Waals surface area (Å²) in [5.41, 5.74) is 0.660. The highest BCUT2D eigenvalue weighted by molar-refractivity contribution is 7.88. The minimum Gasteiger partial charge on any atom is -0.361 e. The zero-order valence-corrected chi connectivity index (χ0v) is 15.6. The van der Waals surface area contributed by atoms with E-state index in [0.717, 1.165) is 11.8 Å². The van der Waals surface area contributed by atoms with Crippen LogP contribution in [0.2, 0.25) is 0 Å². The molecule has 0 bridgehead atoms. The van der Waals surface area contributed by atoms with E-state index < -0.39 is 22.1 Å². The van der Waals surface area contributed by atoms with Gasteiger partial charge in [0.2, 0.25) is 15.9 Å². The lowest BCUT2D eigenvalue weighted by Crippen LogP contribution is -2.51. The molecule has 2 aliphatic heterocycles. The average molecular weight is 373 g/mol. The maximum absolute atomic E-state index is 13.9. The molecule has 0 saturated carbocycles. The number of carbonyl (C=O) groups is 1. The van der Waals surface area contributed by atoms with Gasteiger partial charge < -0.3 is 9.42 Å². The second kappa shape index (κ2) is 6.35. The van der Waals surface area contributed by atoms with Crippen molar-refractivity contribution < 1.29 is 22.1 Å². The van der Waals surface area contributed by atoms with Crippen molar-refractivity contribution in [1.29, 1.82) is 0 Å². The molecule has 9 heteroatoms. The number of rotatable bonds is 4. The van der Waals surface area contributed by atoms with Crippen LogP contribution in [0.15, 0.2) is 4.52 Å². The van der Waals surface area contributed by atoms with Crippen molar-refractivity contribution in [1.82, 2.24) is 14.4 Å². The highest BCUT2D eigenvalue weighted by Gasteiger charge is 2.52. The van der Waals surface area contributed by atoms with Gasteiger partial charge in [0.25, 0.3) is 0 Å². The lowest BCUT2D eigenvalue weighted by atomic mass is 9.75. The summed E-state index contributed by atoms with van der Waals surface area (Å²) in [7, 11) is -3.36. The highest BCUT2D eigenvalue weighted by Crippen LogP contribution is 2.43. The summed E-state index contributed by atoms with van der Waals surface area (Å²) >= 11 is 0. The van der Waals surface area contributed by atoms with E-state index in [4.69, 9.17) is 4.52 Å². The summed E-state index contributed by atoms with van der Waals surface area (Å²) in [6.07, 6.45) is 1.90. The Morgan fingerprint density at radius 2 is 2.12 bits per heavy atom. The Kier molecular flexibility index (Phi) is 4.65. The van der Waals surface area contributed by atoms with E-state index >= 15 is 0 Å². The van der Waals surface area contributed by atoms with E-state index in [1.165, 1.54) is 4.31 Å². The first-order chi connectivity index (χ1) is 11.7. The van der Waals surface area contributed by atoms with Crippen LogP contribution in [0.3, 0.4) is 0 Å². The van der Waals surface area contributed by atoms with Crippen molar-refractivity contribution in [3.05, 3.63) is 17.0 Å². The van der Waals surface area contributed by atoms with E-state index in [-0.39, 0.29) is 31.3 Å². The van der Waals surface area contributed by atoms with Gasteiger partial charge in [-0.15, -0.1) is 0 Å². The molecule has 2 saturated heterocycles. The molecule has 7 nitrogen and oxygen atoms in total. The zero-order chi connectivity index (χ0) is 18.4. The third-order valence-electron chi connectivity index (χ3n) is 5.63. The molecule has 140 valence electrons. The fourth-order valence-electron chi connectivity index (χ4n) is 4.02. The van der Waals surface area contributed by atoms with Gasteiger partial charge in [0.1, 0.15) is 5.76 Å². The Morgan fingerprint density at radius 3 is 2.68 bits per heavy atom. The number of sulfonamides is 1. The molecule has 2 aliphatic rings. The molecule has 0 unspecified atom stereocenters. The van der Waals surface area contributed by atoms with E-state index in [1.54, 1.807) is 18.7 Å². The van der Waals surface area contributed by atoms with Crippen LogP contribution in [0.25, 0.3) is 0 Å². The van der Waals surface area contributed by atoms with Gasteiger partial charge in [-0.1, -0.05) is 5.16 Å². The number of hydrogen-bond donors (Lipinski definition) is 0. The minimum atomic E-state index is -3.36. The van der Waals surface area contributed by atoms with Crippen molar-refractivity contribution in [2.75, 3.05) is 39.1 Å². The van der Waals surface area contributed by atoms with E-state index in [2.05, 4.69) is 5.16 Å². The highest BCUT2D eigenvalue weighted by atomic mass is 32.2. The summed E-state index contributed by atoms with van der Waals surface area (Å²) in [5, 5.41) is 3.86. The van der Waals surface area contributed by atoms with Crippen LogP contribution in [0.1, 0.15) is 23.4 Å². The van der Waals surface area contributed by atoms with Crippen molar-refractivity contribution >= 4 is 15.9 Å². The number of hydrogen-bond acceptors (Lipinski definition) is 5. The van der Waals surface area contributed by atoms with Gasteiger partial charge in [-0.3, -0.25) is 9.18 Å². The zero-order valence-electron chi connectivity index (χ0n) is 14.8. The smallest absolute Gasteiger partial charge is 0.227 e. The fourth-order valence-corrected chi connectivity index (χ4v) is 4.95. The Hall–Kier alpha value is -1.48. The second-order valence-electron chi connectivity index (χ2n) is 7.33. The van der Waals surface area contributed by atoms with E-state index in [0.29, 0.717) is 31.0 Å². The van der Waals surface area contributed by atoms with E-state index in [9.17, 15) is 17.6 Å². The van der Waals surface area contributed by atoms with Crippen LogP contribution in [0.4, 0.5) is 4.39 Å². The molecule has 0 spiro atoms. The number of alkyl halides is 1. The van der Waals surface area contributed by atoms with Crippen LogP contribution in [0, 0.1) is 25.2 Å². The number of halogens is 1. The maximum Gasteiger partial charge on any atom is 0.227 e. The third-order valence-corrected chi connectivity index (χ3v) is 6.88. The summed E-state index contributed by atoms with van der Waals surface area (Å²) in [6.45, 7) is 4.18. The number of nitrogens with zero attached hydrogens (tertiary/aromatic N) is 3. The van der Waals surface area contributed by atoms with Crippen LogP contribution in [0.5, 0.6) is 0 Å². The number of carbonyl (C=O) groups excluding carboxylic acids is 1. The van der Waals surface area contributed by atoms with Gasteiger partial charge in [-0.2, -0.15) is 0 Å². The van der Waals surface area contributed by atoms with Gasteiger partial charge in [0.15, 0.2) is 0 Å². The first-order valence-electron chi connectivity index (χ1n) is 8.37. The SMILES string of the molecule is Cc1noc(C)c1CC(=O)N1C[C@@H]2CCN(S(C)(=O)=O)C[C@]2(CF)C1. The normalized spacial score (nSPS) is 27.5. The molecule has 1 amide bonds. The summed E-state index contributed by atoms with van der Waals surface area (Å²) < 4.78 is 44.1. The molecule has 2 fully saturated rings. The molecule has 0 radical (unpaired) electrons. The Bertz CT molecular complexity index is 759. The van der Waals surface area contributed by atoms with Gasteiger partial charge in [-0.25, -0.2) is 12.7 Å². The van der Waals surface area contributed by atoms with Gasteiger partial charge in [-0.05, 0) is 26.2 Å².